The van der Waals surface area contributed by atoms with Gasteiger partial charge in [0.2, 0.25) is 0 Å². The number of imidazole rings is 1. The molecule has 0 unspecified atom stereocenters. The summed E-state index contributed by atoms with van der Waals surface area (Å²) in [4.78, 5) is 8.42. The molecule has 0 atom stereocenters. The first-order chi connectivity index (χ1) is 14.2. The molecule has 0 aliphatic rings. The van der Waals surface area contributed by atoms with Gasteiger partial charge in [-0.05, 0) is 36.4 Å². The fourth-order valence-corrected chi connectivity index (χ4v) is 3.25. The first-order valence-electron chi connectivity index (χ1n) is 9.25. The van der Waals surface area contributed by atoms with Crippen LogP contribution < -0.4 is 14.2 Å². The van der Waals surface area contributed by atoms with Crippen molar-refractivity contribution in [3.63, 3.8) is 0 Å². The van der Waals surface area contributed by atoms with E-state index in [1.165, 1.54) is 0 Å². The molecule has 0 bridgehead atoms. The van der Waals surface area contributed by atoms with E-state index in [1.54, 1.807) is 21.3 Å². The fourth-order valence-electron chi connectivity index (χ4n) is 3.25. The van der Waals surface area contributed by atoms with E-state index < -0.39 is 0 Å². The van der Waals surface area contributed by atoms with Crippen molar-refractivity contribution in [2.75, 3.05) is 21.3 Å². The molecule has 29 heavy (non-hydrogen) atoms. The number of aromatic amines is 1. The highest BCUT2D eigenvalue weighted by atomic mass is 16.5. The molecular weight excluding hydrogens is 364 g/mol. The molecular formula is C24H22N2O3. The Morgan fingerprint density at radius 3 is 1.69 bits per heavy atom. The van der Waals surface area contributed by atoms with Crippen molar-refractivity contribution >= 4 is 0 Å². The summed E-state index contributed by atoms with van der Waals surface area (Å²) in [6.07, 6.45) is 0. The smallest absolute Gasteiger partial charge is 0.138 e. The third kappa shape index (κ3) is 3.80. The summed E-state index contributed by atoms with van der Waals surface area (Å²) in [5, 5.41) is 0. The topological polar surface area (TPSA) is 56.4 Å². The van der Waals surface area contributed by atoms with Gasteiger partial charge in [-0.1, -0.05) is 36.4 Å². The summed E-state index contributed by atoms with van der Waals surface area (Å²) in [6.45, 7) is 0. The third-order valence-corrected chi connectivity index (χ3v) is 4.75. The molecule has 5 nitrogen and oxygen atoms in total. The van der Waals surface area contributed by atoms with E-state index in [-0.39, 0.29) is 0 Å². The lowest BCUT2D eigenvalue weighted by atomic mass is 10.0. The largest absolute Gasteiger partial charge is 0.497 e. The van der Waals surface area contributed by atoms with Crippen LogP contribution in [0, 0.1) is 0 Å². The van der Waals surface area contributed by atoms with Gasteiger partial charge in [-0.3, -0.25) is 0 Å². The van der Waals surface area contributed by atoms with Crippen LogP contribution in [0.4, 0.5) is 0 Å². The molecule has 4 aromatic rings. The number of rotatable bonds is 6. The predicted molar refractivity (Wildman–Crippen MR) is 115 cm³/mol. The summed E-state index contributed by atoms with van der Waals surface area (Å²) in [7, 11) is 4.98. The lowest BCUT2D eigenvalue weighted by Crippen LogP contribution is -1.88. The Morgan fingerprint density at radius 1 is 0.621 bits per heavy atom. The van der Waals surface area contributed by atoms with Gasteiger partial charge in [0.05, 0.1) is 32.7 Å². The standard InChI is InChI=1S/C24H22N2O3/c1-27-19-10-4-7-16(13-19)22-23(17-8-5-11-20(14-17)28-2)26-24(25-22)18-9-6-12-21(15-18)29-3/h4-15H,1-3H3,(H,25,26). The normalized spacial score (nSPS) is 10.6. The maximum Gasteiger partial charge on any atom is 0.138 e. The number of ether oxygens (including phenoxy) is 3. The van der Waals surface area contributed by atoms with Gasteiger partial charge in [0.15, 0.2) is 0 Å². The zero-order valence-electron chi connectivity index (χ0n) is 16.6. The second-order valence-electron chi connectivity index (χ2n) is 6.50. The van der Waals surface area contributed by atoms with E-state index in [2.05, 4.69) is 4.98 Å². The highest BCUT2D eigenvalue weighted by Crippen LogP contribution is 2.36. The zero-order valence-corrected chi connectivity index (χ0v) is 16.6. The van der Waals surface area contributed by atoms with Gasteiger partial charge in [0.25, 0.3) is 0 Å². The summed E-state index contributed by atoms with van der Waals surface area (Å²) in [5.41, 5.74) is 4.66. The van der Waals surface area contributed by atoms with E-state index in [9.17, 15) is 0 Å². The van der Waals surface area contributed by atoms with Gasteiger partial charge in [-0.2, -0.15) is 0 Å². The molecule has 5 heteroatoms. The zero-order chi connectivity index (χ0) is 20.2. The van der Waals surface area contributed by atoms with Crippen molar-refractivity contribution in [1.29, 1.82) is 0 Å². The van der Waals surface area contributed by atoms with Gasteiger partial charge < -0.3 is 19.2 Å². The Morgan fingerprint density at radius 2 is 1.10 bits per heavy atom. The molecule has 146 valence electrons. The second-order valence-corrected chi connectivity index (χ2v) is 6.50. The number of H-pyrrole nitrogens is 1. The number of hydrogen-bond acceptors (Lipinski definition) is 4. The SMILES string of the molecule is COc1cccc(-c2nc(-c3cccc(OC)c3)c(-c3cccc(OC)c3)[nH]2)c1. The monoisotopic (exact) mass is 386 g/mol. The van der Waals surface area contributed by atoms with Crippen LogP contribution in [0.2, 0.25) is 0 Å². The highest BCUT2D eigenvalue weighted by molar-refractivity contribution is 5.82. The van der Waals surface area contributed by atoms with Crippen LogP contribution in [-0.4, -0.2) is 31.3 Å². The minimum absolute atomic E-state index is 0.763. The number of hydrogen-bond donors (Lipinski definition) is 1. The number of aromatic nitrogens is 2. The average Bonchev–Trinajstić information content (AvgIpc) is 3.25. The number of nitrogens with one attached hydrogen (secondary N) is 1. The quantitative estimate of drug-likeness (QED) is 0.480. The molecule has 0 amide bonds. The van der Waals surface area contributed by atoms with E-state index in [4.69, 9.17) is 19.2 Å². The first kappa shape index (κ1) is 18.6. The van der Waals surface area contributed by atoms with Gasteiger partial charge in [-0.25, -0.2) is 4.98 Å². The van der Waals surface area contributed by atoms with E-state index in [1.807, 2.05) is 72.8 Å². The van der Waals surface area contributed by atoms with Crippen LogP contribution >= 0.6 is 0 Å². The van der Waals surface area contributed by atoms with E-state index in [0.29, 0.717) is 0 Å². The van der Waals surface area contributed by atoms with Crippen LogP contribution in [0.3, 0.4) is 0 Å². The van der Waals surface area contributed by atoms with Crippen LogP contribution in [0.15, 0.2) is 72.8 Å². The molecule has 1 N–H and O–H groups in total. The molecule has 1 heterocycles. The van der Waals surface area contributed by atoms with Crippen molar-refractivity contribution in [1.82, 2.24) is 9.97 Å². The minimum atomic E-state index is 0.763. The second kappa shape index (κ2) is 8.10. The predicted octanol–water partition coefficient (Wildman–Crippen LogP) is 5.44. The Kier molecular flexibility index (Phi) is 5.20. The van der Waals surface area contributed by atoms with Crippen LogP contribution in [0.1, 0.15) is 0 Å². The maximum atomic E-state index is 5.41. The van der Waals surface area contributed by atoms with E-state index in [0.717, 1.165) is 51.2 Å². The van der Waals surface area contributed by atoms with Crippen LogP contribution in [-0.2, 0) is 0 Å². The van der Waals surface area contributed by atoms with Crippen molar-refractivity contribution in [3.8, 4) is 51.2 Å². The number of benzene rings is 3. The van der Waals surface area contributed by atoms with Crippen LogP contribution in [0.5, 0.6) is 17.2 Å². The molecule has 0 aliphatic carbocycles. The number of nitrogens with zero attached hydrogens (tertiary/aromatic N) is 1. The van der Waals surface area contributed by atoms with Crippen molar-refractivity contribution in [2.24, 2.45) is 0 Å². The Bertz CT molecular complexity index is 1070. The summed E-state index contributed by atoms with van der Waals surface area (Å²) in [6, 6.07) is 23.6. The Balaban J connectivity index is 1.90. The molecule has 0 saturated heterocycles. The average molecular weight is 386 g/mol. The summed E-state index contributed by atoms with van der Waals surface area (Å²) < 4.78 is 16.2. The number of methoxy groups -OCH3 is 3. The summed E-state index contributed by atoms with van der Waals surface area (Å²) in [5.74, 6) is 3.12. The van der Waals surface area contributed by atoms with Crippen molar-refractivity contribution in [2.45, 2.75) is 0 Å². The first-order valence-corrected chi connectivity index (χ1v) is 9.25. The highest BCUT2D eigenvalue weighted by Gasteiger charge is 2.16. The maximum absolute atomic E-state index is 5.41. The van der Waals surface area contributed by atoms with Gasteiger partial charge >= 0.3 is 0 Å². The van der Waals surface area contributed by atoms with Crippen LogP contribution in [0.25, 0.3) is 33.9 Å². The Labute approximate surface area is 169 Å². The Hall–Kier alpha value is -3.73. The van der Waals surface area contributed by atoms with Gasteiger partial charge in [0.1, 0.15) is 23.1 Å². The van der Waals surface area contributed by atoms with Gasteiger partial charge in [0, 0.05) is 16.7 Å². The molecule has 3 aromatic carbocycles. The molecule has 4 rings (SSSR count). The van der Waals surface area contributed by atoms with Crippen molar-refractivity contribution in [3.05, 3.63) is 72.8 Å². The van der Waals surface area contributed by atoms with E-state index >= 15 is 0 Å². The molecule has 1 aromatic heterocycles. The molecule has 0 radical (unpaired) electrons. The third-order valence-electron chi connectivity index (χ3n) is 4.75. The fraction of sp³-hybridized carbons (Fsp3) is 0.125. The van der Waals surface area contributed by atoms with Crippen molar-refractivity contribution < 1.29 is 14.2 Å². The van der Waals surface area contributed by atoms with Gasteiger partial charge in [-0.15, -0.1) is 0 Å². The lowest BCUT2D eigenvalue weighted by molar-refractivity contribution is 0.415. The molecule has 0 fully saturated rings. The molecule has 0 saturated carbocycles. The minimum Gasteiger partial charge on any atom is -0.497 e. The lowest BCUT2D eigenvalue weighted by Gasteiger charge is -2.07. The molecule has 0 spiro atoms. The summed E-state index contributed by atoms with van der Waals surface area (Å²) >= 11 is 0. The molecule has 0 aliphatic heterocycles.